The Morgan fingerprint density at radius 3 is 1.15 bits per heavy atom. The first-order valence-corrected chi connectivity index (χ1v) is 13.1. The maximum Gasteiger partial charge on any atom is 0.573 e. The first-order chi connectivity index (χ1) is 22.1. The van der Waals surface area contributed by atoms with Gasteiger partial charge < -0.3 is 18.9 Å². The Kier molecular flexibility index (Phi) is 7.76. The number of halogens is 12. The second kappa shape index (κ2) is 11.0. The molecule has 2 aliphatic carbocycles. The van der Waals surface area contributed by atoms with E-state index in [-0.39, 0.29) is 43.2 Å². The van der Waals surface area contributed by atoms with Crippen LogP contribution in [0.1, 0.15) is 27.8 Å². The summed E-state index contributed by atoms with van der Waals surface area (Å²) in [6, 6.07) is 6.52. The lowest BCUT2D eigenvalue weighted by Gasteiger charge is -2.18. The van der Waals surface area contributed by atoms with Crippen molar-refractivity contribution in [2.45, 2.75) is 32.4 Å². The zero-order valence-corrected chi connectivity index (χ0v) is 23.5. The number of nitrogens with zero attached hydrogens (tertiary/aromatic N) is 3. The van der Waals surface area contributed by atoms with Gasteiger partial charge in [0.1, 0.15) is 17.7 Å². The topological polar surface area (TPSA) is 108 Å². The highest BCUT2D eigenvalue weighted by molar-refractivity contribution is 7.16. The number of allylic oxidation sites excluding steroid dienone is 2. The second-order valence-corrected chi connectivity index (χ2v) is 10.5. The third kappa shape index (κ3) is 6.24. The average molecular weight is 709 g/mol. The highest BCUT2D eigenvalue weighted by Crippen LogP contribution is 2.63. The van der Waals surface area contributed by atoms with E-state index in [9.17, 15) is 68.5 Å². The summed E-state index contributed by atoms with van der Waals surface area (Å²) in [5.41, 5.74) is -3.69. The molecule has 0 saturated heterocycles. The first kappa shape index (κ1) is 33.8. The van der Waals surface area contributed by atoms with Crippen LogP contribution in [0, 0.1) is 34.0 Å². The second-order valence-electron chi connectivity index (χ2n) is 9.48. The number of hydrogen-bond donors (Lipinski definition) is 0. The number of hydrogen-bond acceptors (Lipinski definition) is 8. The third-order valence-electron chi connectivity index (χ3n) is 6.53. The van der Waals surface area contributed by atoms with Gasteiger partial charge in [0.2, 0.25) is 0 Å². The molecule has 20 heteroatoms. The highest BCUT2D eigenvalue weighted by Gasteiger charge is 2.44. The van der Waals surface area contributed by atoms with Gasteiger partial charge in [-0.3, -0.25) is 0 Å². The molecule has 0 atom stereocenters. The zero-order chi connectivity index (χ0) is 35.7. The molecule has 0 aliphatic heterocycles. The molecule has 0 unspecified atom stereocenters. The molecule has 48 heavy (non-hydrogen) atoms. The fourth-order valence-electron chi connectivity index (χ4n) is 5.12. The minimum absolute atomic E-state index is 0.0662. The normalized spacial score (nSPS) is 14.5. The number of fused-ring (bicyclic) bond motifs is 7. The molecule has 3 aromatic rings. The summed E-state index contributed by atoms with van der Waals surface area (Å²) in [5.74, 6) is -6.12. The van der Waals surface area contributed by atoms with Crippen LogP contribution in [-0.2, 0) is 0 Å². The smallest absolute Gasteiger partial charge is 0.402 e. The molecular weight excluding hydrogens is 702 g/mol. The minimum Gasteiger partial charge on any atom is -0.402 e. The molecule has 2 aromatic carbocycles. The van der Waals surface area contributed by atoms with Crippen LogP contribution in [0.5, 0.6) is 23.0 Å². The fraction of sp³-hybridized carbons (Fsp3) is 0.179. The molecule has 1 aromatic heterocycles. The van der Waals surface area contributed by atoms with E-state index in [0.29, 0.717) is 35.6 Å². The van der Waals surface area contributed by atoms with Crippen molar-refractivity contribution in [1.82, 2.24) is 0 Å². The summed E-state index contributed by atoms with van der Waals surface area (Å²) < 4.78 is 174. The quantitative estimate of drug-likeness (QED) is 0.135. The molecule has 0 fully saturated rings. The Hall–Kier alpha value is -5.55. The molecule has 0 bridgehead atoms. The monoisotopic (exact) mass is 709 g/mol. The predicted molar refractivity (Wildman–Crippen MR) is 136 cm³/mol. The lowest BCUT2D eigenvalue weighted by atomic mass is 9.97. The molecule has 0 N–H and O–H groups in total. The van der Waals surface area contributed by atoms with Crippen LogP contribution >= 0.6 is 11.3 Å². The van der Waals surface area contributed by atoms with E-state index in [1.165, 1.54) is 19.1 Å². The number of rotatable bonds is 4. The van der Waals surface area contributed by atoms with Gasteiger partial charge in [-0.05, 0) is 53.4 Å². The van der Waals surface area contributed by atoms with Crippen LogP contribution in [0.3, 0.4) is 0 Å². The Balaban J connectivity index is 1.93. The van der Waals surface area contributed by atoms with E-state index in [0.717, 1.165) is 0 Å². The largest absolute Gasteiger partial charge is 0.573 e. The van der Waals surface area contributed by atoms with Crippen LogP contribution in [0.15, 0.2) is 35.4 Å². The van der Waals surface area contributed by atoms with Crippen molar-refractivity contribution < 1.29 is 71.6 Å². The number of ether oxygens (including phenoxy) is 4. The van der Waals surface area contributed by atoms with Gasteiger partial charge in [0.15, 0.2) is 23.0 Å². The fourth-order valence-corrected chi connectivity index (χ4v) is 6.63. The summed E-state index contributed by atoms with van der Waals surface area (Å²) in [5, 5.41) is 29.0. The first-order valence-electron chi connectivity index (χ1n) is 12.3. The summed E-state index contributed by atoms with van der Waals surface area (Å²) in [6.07, 6.45) is -22.3. The van der Waals surface area contributed by atoms with Crippen LogP contribution in [0.4, 0.5) is 52.7 Å². The zero-order valence-electron chi connectivity index (χ0n) is 22.7. The van der Waals surface area contributed by atoms with Crippen LogP contribution < -0.4 is 18.9 Å². The number of alkyl halides is 12. The lowest BCUT2D eigenvalue weighted by molar-refractivity contribution is -0.287. The van der Waals surface area contributed by atoms with E-state index >= 15 is 0 Å². The molecule has 5 rings (SSSR count). The van der Waals surface area contributed by atoms with E-state index in [4.69, 9.17) is 0 Å². The van der Waals surface area contributed by atoms with Gasteiger partial charge in [-0.25, -0.2) is 0 Å². The Bertz CT molecular complexity index is 2070. The number of thiophene rings is 1. The molecular formula is C28H7F12N3O4S. The number of nitriles is 3. The van der Waals surface area contributed by atoms with Crippen LogP contribution in [-0.4, -0.2) is 25.4 Å². The molecule has 1 heterocycles. The summed E-state index contributed by atoms with van der Waals surface area (Å²) in [7, 11) is 0. The van der Waals surface area contributed by atoms with Crippen molar-refractivity contribution in [3.05, 3.63) is 56.3 Å². The molecule has 2 aliphatic rings. The summed E-state index contributed by atoms with van der Waals surface area (Å²) in [4.78, 5) is -0.235. The third-order valence-corrected chi connectivity index (χ3v) is 7.75. The van der Waals surface area contributed by atoms with Crippen molar-refractivity contribution in [2.24, 2.45) is 0 Å². The Morgan fingerprint density at radius 2 is 0.833 bits per heavy atom. The van der Waals surface area contributed by atoms with Gasteiger partial charge in [0, 0.05) is 37.6 Å². The minimum atomic E-state index is -5.59. The van der Waals surface area contributed by atoms with E-state index in [1.54, 1.807) is 6.07 Å². The van der Waals surface area contributed by atoms with E-state index < -0.39 is 70.7 Å². The molecule has 0 amide bonds. The van der Waals surface area contributed by atoms with E-state index in [2.05, 4.69) is 18.9 Å². The van der Waals surface area contributed by atoms with Gasteiger partial charge in [-0.1, -0.05) is 0 Å². The molecule has 7 nitrogen and oxygen atoms in total. The standard InChI is InChI=1S/C28H7F12N3O4S/c1-9(6-41)19-11-2-15(44-25(29,30)31)17(46-27(35,36)37)4-13(11)21-22-14-5-18(47-28(38,39)40)16(45-26(32,33)34)3-12(14)20(10(7-42)8-43)24(22)48-23(19)21/h2-5H,1H3/b19-9+. The van der Waals surface area contributed by atoms with Crippen LogP contribution in [0.2, 0.25) is 0 Å². The van der Waals surface area contributed by atoms with Gasteiger partial charge in [-0.2, -0.15) is 15.8 Å². The van der Waals surface area contributed by atoms with Crippen LogP contribution in [0.25, 0.3) is 33.4 Å². The number of benzene rings is 2. The molecule has 248 valence electrons. The van der Waals surface area contributed by atoms with Gasteiger partial charge in [0.05, 0.1) is 6.07 Å². The van der Waals surface area contributed by atoms with Crippen molar-refractivity contribution >= 4 is 22.5 Å². The highest BCUT2D eigenvalue weighted by atomic mass is 32.1. The van der Waals surface area contributed by atoms with Crippen molar-refractivity contribution in [1.29, 1.82) is 15.8 Å². The summed E-state index contributed by atoms with van der Waals surface area (Å²) >= 11 is 0.598. The predicted octanol–water partition coefficient (Wildman–Crippen LogP) is 9.50. The maximum atomic E-state index is 13.3. The Labute approximate surface area is 262 Å². The Morgan fingerprint density at radius 1 is 0.521 bits per heavy atom. The SMILES string of the molecule is C/C(C#N)=C1/c2cc(OC(F)(F)F)c(OC(F)(F)F)cc2-c2c1sc1c2-c2cc(OC(F)(F)F)c(OC(F)(F)F)cc2C1=C(C#N)C#N. The maximum absolute atomic E-state index is 13.3. The lowest BCUT2D eigenvalue weighted by Crippen LogP contribution is -2.21. The summed E-state index contributed by atoms with van der Waals surface area (Å²) in [6.45, 7) is 1.18. The molecule has 0 saturated carbocycles. The van der Waals surface area contributed by atoms with Gasteiger partial charge >= 0.3 is 25.4 Å². The van der Waals surface area contributed by atoms with Gasteiger partial charge in [-0.15, -0.1) is 64.0 Å². The van der Waals surface area contributed by atoms with Crippen molar-refractivity contribution in [3.63, 3.8) is 0 Å². The average Bonchev–Trinajstić information content (AvgIpc) is 3.52. The molecule has 0 radical (unpaired) electrons. The van der Waals surface area contributed by atoms with Gasteiger partial charge in [0.25, 0.3) is 0 Å². The van der Waals surface area contributed by atoms with Crippen molar-refractivity contribution in [3.8, 4) is 63.5 Å². The molecule has 0 spiro atoms. The van der Waals surface area contributed by atoms with E-state index in [1.807, 2.05) is 0 Å². The van der Waals surface area contributed by atoms with Crippen molar-refractivity contribution in [2.75, 3.05) is 0 Å².